The molecule has 1 aliphatic rings. The number of hydrogen-bond acceptors (Lipinski definition) is 7. The van der Waals surface area contributed by atoms with Crippen molar-refractivity contribution < 1.29 is 28.5 Å². The largest absolute Gasteiger partial charge is 0.496 e. The molecule has 7 nitrogen and oxygen atoms in total. The zero-order chi connectivity index (χ0) is 17.9. The summed E-state index contributed by atoms with van der Waals surface area (Å²) in [5.74, 6) is -0.500. The van der Waals surface area contributed by atoms with E-state index in [1.165, 1.54) is 14.2 Å². The van der Waals surface area contributed by atoms with Crippen LogP contribution in [0.4, 0.5) is 5.69 Å². The fraction of sp³-hybridized carbons (Fsp3) is 0.412. The minimum absolute atomic E-state index is 0.0121. The van der Waals surface area contributed by atoms with Crippen LogP contribution in [0.3, 0.4) is 0 Å². The van der Waals surface area contributed by atoms with Crippen LogP contribution in [0.1, 0.15) is 11.1 Å². The van der Waals surface area contributed by atoms with Crippen molar-refractivity contribution in [2.75, 3.05) is 39.6 Å². The van der Waals surface area contributed by atoms with Gasteiger partial charge in [-0.15, -0.1) is 0 Å². The number of methoxy groups -OCH3 is 3. The number of carbonyl (C=O) groups is 2. The molecule has 1 aliphatic heterocycles. The molecule has 0 atom stereocenters. The normalized spacial score (nSPS) is 14.5. The van der Waals surface area contributed by atoms with Gasteiger partial charge in [0.05, 0.1) is 33.5 Å². The average molecular weight is 335 g/mol. The summed E-state index contributed by atoms with van der Waals surface area (Å²) in [6.07, 6.45) is 0. The Morgan fingerprint density at radius 2 is 1.71 bits per heavy atom. The van der Waals surface area contributed by atoms with E-state index in [4.69, 9.17) is 18.9 Å². The van der Waals surface area contributed by atoms with Gasteiger partial charge in [0.1, 0.15) is 18.2 Å². The van der Waals surface area contributed by atoms with E-state index in [9.17, 15) is 9.59 Å². The quantitative estimate of drug-likeness (QED) is 0.775. The summed E-state index contributed by atoms with van der Waals surface area (Å²) >= 11 is 0. The van der Waals surface area contributed by atoms with Crippen LogP contribution < -0.4 is 9.64 Å². The molecule has 0 saturated heterocycles. The summed E-state index contributed by atoms with van der Waals surface area (Å²) in [7, 11) is 4.12. The predicted molar refractivity (Wildman–Crippen MR) is 86.8 cm³/mol. The fourth-order valence-corrected chi connectivity index (χ4v) is 2.63. The Labute approximate surface area is 140 Å². The molecule has 0 fully saturated rings. The highest BCUT2D eigenvalue weighted by atomic mass is 16.5. The van der Waals surface area contributed by atoms with Crippen molar-refractivity contribution in [3.8, 4) is 5.75 Å². The van der Waals surface area contributed by atoms with Gasteiger partial charge in [0, 0.05) is 5.69 Å². The van der Waals surface area contributed by atoms with Crippen LogP contribution in [0, 0.1) is 13.8 Å². The van der Waals surface area contributed by atoms with Crippen molar-refractivity contribution in [3.05, 3.63) is 34.5 Å². The van der Waals surface area contributed by atoms with E-state index in [-0.39, 0.29) is 24.6 Å². The Bertz CT molecular complexity index is 695. The average Bonchev–Trinajstić information content (AvgIpc) is 2.62. The molecule has 1 aromatic rings. The molecule has 0 aromatic heterocycles. The molecular formula is C17H21NO6. The van der Waals surface area contributed by atoms with E-state index in [0.717, 1.165) is 22.6 Å². The van der Waals surface area contributed by atoms with E-state index < -0.39 is 11.9 Å². The Kier molecular flexibility index (Phi) is 5.46. The van der Waals surface area contributed by atoms with Crippen LogP contribution >= 0.6 is 0 Å². The van der Waals surface area contributed by atoms with Crippen LogP contribution in [0.2, 0.25) is 0 Å². The first kappa shape index (κ1) is 17.8. The molecular weight excluding hydrogens is 314 g/mol. The molecule has 7 heteroatoms. The monoisotopic (exact) mass is 335 g/mol. The lowest BCUT2D eigenvalue weighted by Crippen LogP contribution is -2.39. The summed E-state index contributed by atoms with van der Waals surface area (Å²) in [5, 5.41) is 0. The highest BCUT2D eigenvalue weighted by Crippen LogP contribution is 2.34. The van der Waals surface area contributed by atoms with E-state index in [0.29, 0.717) is 0 Å². The smallest absolute Gasteiger partial charge is 0.355 e. The lowest BCUT2D eigenvalue weighted by atomic mass is 10.0. The number of hydrogen-bond donors (Lipinski definition) is 0. The zero-order valence-electron chi connectivity index (χ0n) is 14.5. The molecule has 0 spiro atoms. The molecule has 0 radical (unpaired) electrons. The van der Waals surface area contributed by atoms with Crippen molar-refractivity contribution in [3.63, 3.8) is 0 Å². The summed E-state index contributed by atoms with van der Waals surface area (Å²) in [4.78, 5) is 25.9. The van der Waals surface area contributed by atoms with Crippen LogP contribution in [0.5, 0.6) is 5.75 Å². The second-order valence-electron chi connectivity index (χ2n) is 5.25. The van der Waals surface area contributed by atoms with Crippen molar-refractivity contribution >= 4 is 17.6 Å². The third-order valence-electron chi connectivity index (χ3n) is 4.05. The van der Waals surface area contributed by atoms with Crippen molar-refractivity contribution in [2.45, 2.75) is 13.8 Å². The maximum absolute atomic E-state index is 12.3. The van der Waals surface area contributed by atoms with Crippen LogP contribution in [0.25, 0.3) is 0 Å². The number of rotatable bonds is 4. The Morgan fingerprint density at radius 3 is 2.29 bits per heavy atom. The van der Waals surface area contributed by atoms with Gasteiger partial charge in [0.15, 0.2) is 0 Å². The molecule has 2 rings (SSSR count). The topological polar surface area (TPSA) is 74.3 Å². The van der Waals surface area contributed by atoms with E-state index in [2.05, 4.69) is 0 Å². The Balaban J connectivity index is 2.61. The first-order chi connectivity index (χ1) is 11.5. The van der Waals surface area contributed by atoms with Gasteiger partial charge in [-0.25, -0.2) is 9.59 Å². The Morgan fingerprint density at radius 1 is 1.04 bits per heavy atom. The highest BCUT2D eigenvalue weighted by molar-refractivity contribution is 6.03. The molecule has 1 aromatic carbocycles. The predicted octanol–water partition coefficient (Wildman–Crippen LogP) is 1.71. The second-order valence-corrected chi connectivity index (χ2v) is 5.25. The van der Waals surface area contributed by atoms with Crippen LogP contribution in [-0.4, -0.2) is 46.6 Å². The summed E-state index contributed by atoms with van der Waals surface area (Å²) in [6.45, 7) is 3.94. The molecule has 0 aliphatic carbocycles. The minimum atomic E-state index is -0.622. The molecule has 0 amide bonds. The van der Waals surface area contributed by atoms with Crippen LogP contribution in [-0.2, 0) is 23.8 Å². The fourth-order valence-electron chi connectivity index (χ4n) is 2.63. The van der Waals surface area contributed by atoms with Gasteiger partial charge in [-0.1, -0.05) is 0 Å². The lowest BCUT2D eigenvalue weighted by molar-refractivity contribution is -0.140. The maximum Gasteiger partial charge on any atom is 0.355 e. The molecule has 0 N–H and O–H groups in total. The van der Waals surface area contributed by atoms with Gasteiger partial charge in [-0.2, -0.15) is 0 Å². The molecule has 24 heavy (non-hydrogen) atoms. The first-order valence-electron chi connectivity index (χ1n) is 7.35. The third-order valence-corrected chi connectivity index (χ3v) is 4.05. The van der Waals surface area contributed by atoms with Crippen molar-refractivity contribution in [1.82, 2.24) is 0 Å². The zero-order valence-corrected chi connectivity index (χ0v) is 14.5. The lowest BCUT2D eigenvalue weighted by Gasteiger charge is -2.32. The van der Waals surface area contributed by atoms with Crippen molar-refractivity contribution in [1.29, 1.82) is 0 Å². The maximum atomic E-state index is 12.3. The number of nitrogens with zero attached hydrogens (tertiary/aromatic N) is 1. The van der Waals surface area contributed by atoms with Gasteiger partial charge in [-0.3, -0.25) is 0 Å². The number of ether oxygens (including phenoxy) is 4. The second kappa shape index (κ2) is 7.35. The number of benzene rings is 1. The molecule has 130 valence electrons. The van der Waals surface area contributed by atoms with E-state index >= 15 is 0 Å². The van der Waals surface area contributed by atoms with Crippen LogP contribution in [0.15, 0.2) is 23.4 Å². The molecule has 0 saturated carbocycles. The third kappa shape index (κ3) is 3.07. The molecule has 1 heterocycles. The summed E-state index contributed by atoms with van der Waals surface area (Å²) < 4.78 is 20.4. The van der Waals surface area contributed by atoms with Gasteiger partial charge in [-0.05, 0) is 37.1 Å². The molecule has 0 bridgehead atoms. The van der Waals surface area contributed by atoms with Gasteiger partial charge >= 0.3 is 11.9 Å². The minimum Gasteiger partial charge on any atom is -0.496 e. The Hall–Kier alpha value is -2.54. The highest BCUT2D eigenvalue weighted by Gasteiger charge is 2.33. The number of carbonyl (C=O) groups excluding carboxylic acids is 2. The number of esters is 2. The summed E-state index contributed by atoms with van der Waals surface area (Å²) in [6, 6.07) is 3.62. The molecule has 0 unspecified atom stereocenters. The SMILES string of the molecule is COC(=O)C1=C(C(=O)OC)N(c2ccc(OC)c(C)c2C)COC1. The first-order valence-corrected chi connectivity index (χ1v) is 7.35. The van der Waals surface area contributed by atoms with E-state index in [1.54, 1.807) is 18.1 Å². The number of anilines is 1. The van der Waals surface area contributed by atoms with Gasteiger partial charge in [0.2, 0.25) is 0 Å². The van der Waals surface area contributed by atoms with Gasteiger partial charge in [0.25, 0.3) is 0 Å². The van der Waals surface area contributed by atoms with Gasteiger partial charge < -0.3 is 23.8 Å². The van der Waals surface area contributed by atoms with E-state index in [1.807, 2.05) is 19.9 Å². The van der Waals surface area contributed by atoms with Crippen molar-refractivity contribution in [2.24, 2.45) is 0 Å². The summed E-state index contributed by atoms with van der Waals surface area (Å²) in [5.41, 5.74) is 2.83. The standard InChI is InChI=1S/C17H21NO6/c1-10-11(2)14(21-3)7-6-13(10)18-9-24-8-12(16(19)22-4)15(18)17(20)23-5/h6-7H,8-9H2,1-5H3.